The van der Waals surface area contributed by atoms with Crippen LogP contribution >= 0.6 is 0 Å². The number of hydrogen-bond acceptors (Lipinski definition) is 4. The van der Waals surface area contributed by atoms with Crippen molar-refractivity contribution in [1.82, 2.24) is 5.32 Å². The predicted octanol–water partition coefficient (Wildman–Crippen LogP) is 5.25. The van der Waals surface area contributed by atoms with Gasteiger partial charge in [-0.2, -0.15) is 0 Å². The first-order valence-electron chi connectivity index (χ1n) is 10.8. The van der Waals surface area contributed by atoms with Crippen LogP contribution in [0, 0.1) is 0 Å². The Morgan fingerprint density at radius 3 is 2.16 bits per heavy atom. The molecule has 0 radical (unpaired) electrons. The van der Waals surface area contributed by atoms with Gasteiger partial charge in [0.25, 0.3) is 5.91 Å². The Morgan fingerprint density at radius 2 is 1.53 bits per heavy atom. The molecule has 1 N–H and O–H groups in total. The van der Waals surface area contributed by atoms with Crippen LogP contribution < -0.4 is 10.1 Å². The van der Waals surface area contributed by atoms with Crippen molar-refractivity contribution in [3.8, 4) is 5.75 Å². The van der Waals surface area contributed by atoms with Crippen molar-refractivity contribution in [3.63, 3.8) is 0 Å². The smallest absolute Gasteiger partial charge is 0.333 e. The van der Waals surface area contributed by atoms with Crippen molar-refractivity contribution in [2.45, 2.75) is 38.8 Å². The normalized spacial score (nSPS) is 11.4. The number of esters is 1. The molecule has 0 spiro atoms. The molecule has 0 saturated heterocycles. The molecule has 0 fully saturated rings. The van der Waals surface area contributed by atoms with E-state index >= 15 is 0 Å². The first-order valence-corrected chi connectivity index (χ1v) is 10.8. The van der Waals surface area contributed by atoms with Gasteiger partial charge in [-0.25, -0.2) is 4.79 Å². The van der Waals surface area contributed by atoms with Gasteiger partial charge in [0.15, 0.2) is 6.04 Å². The number of aryl methyl sites for hydroxylation is 1. The average molecular weight is 432 g/mol. The van der Waals surface area contributed by atoms with Crippen molar-refractivity contribution >= 4 is 11.9 Å². The summed E-state index contributed by atoms with van der Waals surface area (Å²) in [6.45, 7) is 2.65. The van der Waals surface area contributed by atoms with Gasteiger partial charge in [-0.1, -0.05) is 67.9 Å². The molecule has 1 atom stereocenters. The van der Waals surface area contributed by atoms with Gasteiger partial charge in [-0.05, 0) is 53.8 Å². The third-order valence-corrected chi connectivity index (χ3v) is 5.21. The third kappa shape index (κ3) is 6.45. The second kappa shape index (κ2) is 11.7. The lowest BCUT2D eigenvalue weighted by atomic mass is 10.1. The molecular formula is C27H29NO4. The van der Waals surface area contributed by atoms with Crippen LogP contribution in [0.3, 0.4) is 0 Å². The Hall–Kier alpha value is -3.60. The molecule has 0 aliphatic rings. The van der Waals surface area contributed by atoms with Crippen molar-refractivity contribution < 1.29 is 19.1 Å². The molecule has 5 nitrogen and oxygen atoms in total. The monoisotopic (exact) mass is 431 g/mol. The van der Waals surface area contributed by atoms with E-state index in [1.807, 2.05) is 18.2 Å². The summed E-state index contributed by atoms with van der Waals surface area (Å²) in [6, 6.07) is 23.5. The first kappa shape index (κ1) is 23.1. The maximum Gasteiger partial charge on any atom is 0.333 e. The Bertz CT molecular complexity index is 998. The SMILES string of the molecule is CCCCc1ccc(COc2ccc(C(=O)N[C@H](C(=O)OC)c3ccccc3)cc2)cc1. The van der Waals surface area contributed by atoms with E-state index in [0.717, 1.165) is 12.0 Å². The zero-order chi connectivity index (χ0) is 22.8. The number of carbonyl (C=O) groups is 2. The number of methoxy groups -OCH3 is 1. The van der Waals surface area contributed by atoms with Gasteiger partial charge in [0.2, 0.25) is 0 Å². The molecule has 3 aromatic rings. The minimum atomic E-state index is -0.870. The van der Waals surface area contributed by atoms with Gasteiger partial charge < -0.3 is 14.8 Å². The number of rotatable bonds is 10. The molecule has 3 rings (SSSR count). The van der Waals surface area contributed by atoms with Crippen LogP contribution in [-0.4, -0.2) is 19.0 Å². The fraction of sp³-hybridized carbons (Fsp3) is 0.259. The molecule has 0 saturated carbocycles. The van der Waals surface area contributed by atoms with E-state index in [4.69, 9.17) is 9.47 Å². The topological polar surface area (TPSA) is 64.6 Å². The van der Waals surface area contributed by atoms with Crippen LogP contribution in [0.25, 0.3) is 0 Å². The second-order valence-electron chi connectivity index (χ2n) is 7.57. The number of benzene rings is 3. The Morgan fingerprint density at radius 1 is 0.875 bits per heavy atom. The van der Waals surface area contributed by atoms with Crippen LogP contribution in [0.15, 0.2) is 78.9 Å². The molecule has 0 unspecified atom stereocenters. The summed E-state index contributed by atoms with van der Waals surface area (Å²) in [5.41, 5.74) is 3.53. The zero-order valence-electron chi connectivity index (χ0n) is 18.5. The van der Waals surface area contributed by atoms with E-state index in [9.17, 15) is 9.59 Å². The molecule has 0 aromatic heterocycles. The third-order valence-electron chi connectivity index (χ3n) is 5.21. The van der Waals surface area contributed by atoms with E-state index in [1.54, 1.807) is 36.4 Å². The number of carbonyl (C=O) groups excluding carboxylic acids is 2. The van der Waals surface area contributed by atoms with Crippen LogP contribution in [0.5, 0.6) is 5.75 Å². The van der Waals surface area contributed by atoms with Gasteiger partial charge in [0, 0.05) is 5.56 Å². The van der Waals surface area contributed by atoms with Crippen LogP contribution in [0.1, 0.15) is 52.9 Å². The van der Waals surface area contributed by atoms with E-state index in [0.29, 0.717) is 23.5 Å². The van der Waals surface area contributed by atoms with Crippen LogP contribution in [0.2, 0.25) is 0 Å². The largest absolute Gasteiger partial charge is 0.489 e. The highest BCUT2D eigenvalue weighted by Crippen LogP contribution is 2.18. The fourth-order valence-corrected chi connectivity index (χ4v) is 3.31. The lowest BCUT2D eigenvalue weighted by Crippen LogP contribution is -2.34. The van der Waals surface area contributed by atoms with E-state index in [1.165, 1.54) is 25.5 Å². The number of unbranched alkanes of at least 4 members (excludes halogenated alkanes) is 1. The molecule has 3 aromatic carbocycles. The molecule has 0 aliphatic heterocycles. The number of ether oxygens (including phenoxy) is 2. The fourth-order valence-electron chi connectivity index (χ4n) is 3.31. The Labute approximate surface area is 189 Å². The number of nitrogens with one attached hydrogen (secondary N) is 1. The highest BCUT2D eigenvalue weighted by atomic mass is 16.5. The molecule has 1 amide bonds. The molecular weight excluding hydrogens is 402 g/mol. The lowest BCUT2D eigenvalue weighted by molar-refractivity contribution is -0.143. The maximum atomic E-state index is 12.7. The van der Waals surface area contributed by atoms with E-state index < -0.39 is 12.0 Å². The van der Waals surface area contributed by atoms with Gasteiger partial charge in [0.1, 0.15) is 12.4 Å². The number of hydrogen-bond donors (Lipinski definition) is 1. The Kier molecular flexibility index (Phi) is 8.44. The molecule has 0 aliphatic carbocycles. The van der Waals surface area contributed by atoms with Crippen molar-refractivity contribution in [1.29, 1.82) is 0 Å². The van der Waals surface area contributed by atoms with Gasteiger partial charge in [-0.3, -0.25) is 4.79 Å². The zero-order valence-corrected chi connectivity index (χ0v) is 18.5. The molecule has 0 bridgehead atoms. The van der Waals surface area contributed by atoms with E-state index in [-0.39, 0.29) is 5.91 Å². The summed E-state index contributed by atoms with van der Waals surface area (Å²) in [5, 5.41) is 2.74. The standard InChI is InChI=1S/C27H29NO4/c1-3-4-8-20-11-13-21(14-12-20)19-32-24-17-15-23(16-18-24)26(29)28-25(27(30)31-2)22-9-6-5-7-10-22/h5-7,9-18,25H,3-4,8,19H2,1-2H3,(H,28,29)/t25-/m0/s1. The minimum Gasteiger partial charge on any atom is -0.489 e. The summed E-state index contributed by atoms with van der Waals surface area (Å²) in [6.07, 6.45) is 3.48. The lowest BCUT2D eigenvalue weighted by Gasteiger charge is -2.17. The summed E-state index contributed by atoms with van der Waals surface area (Å²) in [5.74, 6) is -0.215. The summed E-state index contributed by atoms with van der Waals surface area (Å²) in [7, 11) is 1.30. The van der Waals surface area contributed by atoms with Gasteiger partial charge >= 0.3 is 5.97 Å². The van der Waals surface area contributed by atoms with Gasteiger partial charge in [0.05, 0.1) is 7.11 Å². The summed E-state index contributed by atoms with van der Waals surface area (Å²) >= 11 is 0. The van der Waals surface area contributed by atoms with Crippen molar-refractivity contribution in [2.24, 2.45) is 0 Å². The highest BCUT2D eigenvalue weighted by molar-refractivity contribution is 5.97. The quantitative estimate of drug-likeness (QED) is 0.445. The van der Waals surface area contributed by atoms with Crippen molar-refractivity contribution in [2.75, 3.05) is 7.11 Å². The molecule has 32 heavy (non-hydrogen) atoms. The molecule has 166 valence electrons. The molecule has 5 heteroatoms. The summed E-state index contributed by atoms with van der Waals surface area (Å²) in [4.78, 5) is 24.9. The Balaban J connectivity index is 1.58. The van der Waals surface area contributed by atoms with E-state index in [2.05, 4.69) is 36.5 Å². The summed E-state index contributed by atoms with van der Waals surface area (Å²) < 4.78 is 10.7. The predicted molar refractivity (Wildman–Crippen MR) is 124 cm³/mol. The number of amides is 1. The first-order chi connectivity index (χ1) is 15.6. The molecule has 0 heterocycles. The van der Waals surface area contributed by atoms with Gasteiger partial charge in [-0.15, -0.1) is 0 Å². The minimum absolute atomic E-state index is 0.363. The maximum absolute atomic E-state index is 12.7. The van der Waals surface area contributed by atoms with Crippen molar-refractivity contribution in [3.05, 3.63) is 101 Å². The van der Waals surface area contributed by atoms with Crippen LogP contribution in [0.4, 0.5) is 0 Å². The average Bonchev–Trinajstić information content (AvgIpc) is 2.85. The van der Waals surface area contributed by atoms with Crippen LogP contribution in [-0.2, 0) is 22.6 Å². The highest BCUT2D eigenvalue weighted by Gasteiger charge is 2.23. The second-order valence-corrected chi connectivity index (χ2v) is 7.57.